The number of hydrogen-bond donors (Lipinski definition) is 3. The molecule has 1 heterocycles. The number of ether oxygens (including phenoxy) is 1. The summed E-state index contributed by atoms with van der Waals surface area (Å²) in [6, 6.07) is 2.09. The minimum atomic E-state index is -1.03. The van der Waals surface area contributed by atoms with Gasteiger partial charge in [-0.05, 0) is 43.4 Å². The van der Waals surface area contributed by atoms with Crippen molar-refractivity contribution in [3.05, 3.63) is 40.7 Å². The summed E-state index contributed by atoms with van der Waals surface area (Å²) in [7, 11) is 1.20. The van der Waals surface area contributed by atoms with Gasteiger partial charge in [-0.15, -0.1) is 0 Å². The zero-order valence-corrected chi connectivity index (χ0v) is 19.6. The van der Waals surface area contributed by atoms with Crippen LogP contribution in [0.4, 0.5) is 4.39 Å². The third-order valence-corrected chi connectivity index (χ3v) is 5.44. The molecule has 0 saturated carbocycles. The fraction of sp³-hybridized carbons (Fsp3) is 0.478. The Labute approximate surface area is 197 Å². The second kappa shape index (κ2) is 12.3. The number of halogens is 2. The van der Waals surface area contributed by atoms with Gasteiger partial charge in [0.2, 0.25) is 17.7 Å². The van der Waals surface area contributed by atoms with Gasteiger partial charge in [-0.3, -0.25) is 14.4 Å². The van der Waals surface area contributed by atoms with Crippen molar-refractivity contribution in [3.63, 3.8) is 0 Å². The van der Waals surface area contributed by atoms with E-state index in [1.807, 2.05) is 13.8 Å². The number of hydrogen-bond acceptors (Lipinski definition) is 5. The normalized spacial score (nSPS) is 17.5. The molecule has 0 radical (unpaired) electrons. The highest BCUT2D eigenvalue weighted by atomic mass is 35.5. The van der Waals surface area contributed by atoms with Gasteiger partial charge in [0.25, 0.3) is 0 Å². The lowest BCUT2D eigenvalue weighted by atomic mass is 9.97. The molecule has 1 aromatic rings. The first-order valence-electron chi connectivity index (χ1n) is 10.7. The van der Waals surface area contributed by atoms with Crippen LogP contribution in [0, 0.1) is 17.7 Å². The van der Waals surface area contributed by atoms with E-state index < -0.39 is 41.6 Å². The summed E-state index contributed by atoms with van der Waals surface area (Å²) < 4.78 is 18.7. The maximum atomic E-state index is 13.9. The molecule has 3 N–H and O–H groups in total. The molecule has 1 aliphatic heterocycles. The number of carbonyl (C=O) groups is 4. The minimum absolute atomic E-state index is 0.0518. The quantitative estimate of drug-likeness (QED) is 0.350. The Bertz CT molecular complexity index is 921. The zero-order valence-electron chi connectivity index (χ0n) is 18.8. The summed E-state index contributed by atoms with van der Waals surface area (Å²) >= 11 is 5.72. The van der Waals surface area contributed by atoms with E-state index in [0.29, 0.717) is 19.4 Å². The second-order valence-electron chi connectivity index (χ2n) is 8.29. The second-order valence-corrected chi connectivity index (χ2v) is 8.72. The van der Waals surface area contributed by atoms with Gasteiger partial charge in [0.1, 0.15) is 17.9 Å². The van der Waals surface area contributed by atoms with E-state index in [9.17, 15) is 23.6 Å². The van der Waals surface area contributed by atoms with Crippen molar-refractivity contribution in [1.82, 2.24) is 16.0 Å². The molecule has 3 amide bonds. The van der Waals surface area contributed by atoms with E-state index in [0.717, 1.165) is 12.1 Å². The molecule has 8 nitrogen and oxygen atoms in total. The van der Waals surface area contributed by atoms with E-state index in [1.165, 1.54) is 25.3 Å². The molecule has 1 aliphatic rings. The van der Waals surface area contributed by atoms with Gasteiger partial charge < -0.3 is 20.7 Å². The summed E-state index contributed by atoms with van der Waals surface area (Å²) in [5.41, 5.74) is 0.167. The van der Waals surface area contributed by atoms with Gasteiger partial charge in [0, 0.05) is 29.1 Å². The molecular weight excluding hydrogens is 453 g/mol. The first kappa shape index (κ1) is 26.3. The Balaban J connectivity index is 2.08. The van der Waals surface area contributed by atoms with Gasteiger partial charge in [0.15, 0.2) is 0 Å². The lowest BCUT2D eigenvalue weighted by molar-refractivity contribution is -0.146. The number of amides is 3. The molecule has 1 aromatic carbocycles. The summed E-state index contributed by atoms with van der Waals surface area (Å²) in [5.74, 6) is -2.96. The molecular formula is C23H29ClFN3O5. The average Bonchev–Trinajstić information content (AvgIpc) is 3.15. The van der Waals surface area contributed by atoms with Crippen LogP contribution in [0.1, 0.15) is 38.7 Å². The van der Waals surface area contributed by atoms with Crippen molar-refractivity contribution in [1.29, 1.82) is 0 Å². The molecule has 10 heteroatoms. The lowest BCUT2D eigenvalue weighted by Gasteiger charge is -2.24. The van der Waals surface area contributed by atoms with E-state index >= 15 is 0 Å². The number of esters is 1. The van der Waals surface area contributed by atoms with E-state index in [2.05, 4.69) is 16.0 Å². The molecule has 0 unspecified atom stereocenters. The van der Waals surface area contributed by atoms with Crippen LogP contribution in [0.5, 0.6) is 0 Å². The molecule has 180 valence electrons. The van der Waals surface area contributed by atoms with Crippen molar-refractivity contribution in [3.8, 4) is 0 Å². The molecule has 0 bridgehead atoms. The van der Waals surface area contributed by atoms with Gasteiger partial charge in [-0.25, -0.2) is 9.18 Å². The maximum absolute atomic E-state index is 13.9. The predicted molar refractivity (Wildman–Crippen MR) is 122 cm³/mol. The highest BCUT2D eigenvalue weighted by molar-refractivity contribution is 6.30. The number of rotatable bonds is 10. The van der Waals surface area contributed by atoms with Crippen LogP contribution in [-0.4, -0.2) is 49.4 Å². The fourth-order valence-electron chi connectivity index (χ4n) is 3.51. The molecule has 3 atom stereocenters. The number of benzene rings is 1. The largest absolute Gasteiger partial charge is 0.467 e. The third-order valence-electron chi connectivity index (χ3n) is 5.20. The van der Waals surface area contributed by atoms with Gasteiger partial charge in [-0.2, -0.15) is 0 Å². The molecule has 2 rings (SSSR count). The smallest absolute Gasteiger partial charge is 0.328 e. The van der Waals surface area contributed by atoms with Crippen LogP contribution < -0.4 is 16.0 Å². The predicted octanol–water partition coefficient (Wildman–Crippen LogP) is 2.21. The maximum Gasteiger partial charge on any atom is 0.328 e. The Morgan fingerprint density at radius 1 is 1.27 bits per heavy atom. The van der Waals surface area contributed by atoms with E-state index in [4.69, 9.17) is 16.3 Å². The van der Waals surface area contributed by atoms with Crippen LogP contribution >= 0.6 is 11.6 Å². The Morgan fingerprint density at radius 2 is 2.00 bits per heavy atom. The first-order chi connectivity index (χ1) is 15.6. The van der Waals surface area contributed by atoms with Crippen molar-refractivity contribution in [2.24, 2.45) is 11.8 Å². The Morgan fingerprint density at radius 3 is 2.58 bits per heavy atom. The molecule has 33 heavy (non-hydrogen) atoms. The average molecular weight is 482 g/mol. The topological polar surface area (TPSA) is 114 Å². The van der Waals surface area contributed by atoms with Gasteiger partial charge in [-0.1, -0.05) is 31.5 Å². The van der Waals surface area contributed by atoms with Gasteiger partial charge >= 0.3 is 5.97 Å². The SMILES string of the molecule is COC(=O)[C@H](C[C@@H]1CCNC1=O)NC(=O)[C@H](CC(C)C)NC(=O)/C=C/c1ccc(Cl)cc1F. The van der Waals surface area contributed by atoms with Crippen LogP contribution in [0.3, 0.4) is 0 Å². The minimum Gasteiger partial charge on any atom is -0.467 e. The summed E-state index contributed by atoms with van der Waals surface area (Å²) in [5, 5.41) is 8.13. The summed E-state index contributed by atoms with van der Waals surface area (Å²) in [4.78, 5) is 49.5. The van der Waals surface area contributed by atoms with Crippen LogP contribution in [-0.2, 0) is 23.9 Å². The Hall–Kier alpha value is -2.94. The van der Waals surface area contributed by atoms with Crippen molar-refractivity contribution in [2.45, 2.75) is 45.2 Å². The van der Waals surface area contributed by atoms with Crippen LogP contribution in [0.15, 0.2) is 24.3 Å². The molecule has 0 spiro atoms. The third kappa shape index (κ3) is 8.16. The lowest BCUT2D eigenvalue weighted by Crippen LogP contribution is -2.52. The van der Waals surface area contributed by atoms with Crippen LogP contribution in [0.25, 0.3) is 6.08 Å². The van der Waals surface area contributed by atoms with Crippen molar-refractivity contribution in [2.75, 3.05) is 13.7 Å². The van der Waals surface area contributed by atoms with E-state index in [1.54, 1.807) is 0 Å². The molecule has 1 fully saturated rings. The van der Waals surface area contributed by atoms with Gasteiger partial charge in [0.05, 0.1) is 7.11 Å². The van der Waals surface area contributed by atoms with Crippen LogP contribution in [0.2, 0.25) is 5.02 Å². The number of methoxy groups -OCH3 is 1. The monoisotopic (exact) mass is 481 g/mol. The molecule has 0 aromatic heterocycles. The Kier molecular flexibility index (Phi) is 9.84. The van der Waals surface area contributed by atoms with Crippen molar-refractivity contribution < 1.29 is 28.3 Å². The highest BCUT2D eigenvalue weighted by Crippen LogP contribution is 2.18. The number of nitrogens with one attached hydrogen (secondary N) is 3. The highest BCUT2D eigenvalue weighted by Gasteiger charge is 2.33. The van der Waals surface area contributed by atoms with Crippen molar-refractivity contribution >= 4 is 41.4 Å². The zero-order chi connectivity index (χ0) is 24.5. The first-order valence-corrected chi connectivity index (χ1v) is 11.1. The molecule has 0 aliphatic carbocycles. The van der Waals surface area contributed by atoms with E-state index in [-0.39, 0.29) is 28.8 Å². The standard InChI is InChI=1S/C23H29ClFN3O5/c1-13(2)10-18(27-20(29)7-5-14-4-6-16(24)12-17(14)25)22(31)28-19(23(32)33-3)11-15-8-9-26-21(15)30/h4-7,12-13,15,18-19H,8-11H2,1-3H3,(H,26,30)(H,27,29)(H,28,31)/b7-5+/t15-,18-,19-/m0/s1. The summed E-state index contributed by atoms with van der Waals surface area (Å²) in [6.45, 7) is 4.27. The number of carbonyl (C=O) groups excluding carboxylic acids is 4. The molecule has 1 saturated heterocycles. The summed E-state index contributed by atoms with van der Waals surface area (Å²) in [6.07, 6.45) is 3.36. The fourth-order valence-corrected chi connectivity index (χ4v) is 3.67.